The van der Waals surface area contributed by atoms with Gasteiger partial charge in [-0.3, -0.25) is 0 Å². The molecule has 174 valence electrons. The van der Waals surface area contributed by atoms with E-state index in [4.69, 9.17) is 23.7 Å². The SMILES string of the molecule is Fc1ccc(COCC(COc2ccc3c(c2)OCO3)C(F)(F)F)cc1Oc1ccccc1. The van der Waals surface area contributed by atoms with Crippen LogP contribution < -0.4 is 18.9 Å². The second kappa shape index (κ2) is 9.99. The van der Waals surface area contributed by atoms with Gasteiger partial charge in [-0.25, -0.2) is 4.39 Å². The van der Waals surface area contributed by atoms with Crippen LogP contribution in [0.15, 0.2) is 66.7 Å². The molecule has 1 aliphatic rings. The molecule has 1 atom stereocenters. The van der Waals surface area contributed by atoms with E-state index in [0.717, 1.165) is 0 Å². The summed E-state index contributed by atoms with van der Waals surface area (Å²) in [6, 6.07) is 17.2. The van der Waals surface area contributed by atoms with E-state index in [0.29, 0.717) is 22.8 Å². The molecule has 33 heavy (non-hydrogen) atoms. The number of ether oxygens (including phenoxy) is 5. The van der Waals surface area contributed by atoms with Crippen molar-refractivity contribution in [2.24, 2.45) is 5.92 Å². The zero-order chi connectivity index (χ0) is 23.3. The molecule has 1 aliphatic heterocycles. The lowest BCUT2D eigenvalue weighted by Crippen LogP contribution is -2.32. The summed E-state index contributed by atoms with van der Waals surface area (Å²) < 4.78 is 80.9. The molecular formula is C24H20F4O5. The molecule has 4 rings (SSSR count). The lowest BCUT2D eigenvalue weighted by Gasteiger charge is -2.21. The number of hydrogen-bond acceptors (Lipinski definition) is 5. The Balaban J connectivity index is 1.33. The lowest BCUT2D eigenvalue weighted by molar-refractivity contribution is -0.196. The van der Waals surface area contributed by atoms with Gasteiger partial charge in [-0.05, 0) is 42.0 Å². The largest absolute Gasteiger partial charge is 0.493 e. The minimum atomic E-state index is -4.53. The summed E-state index contributed by atoms with van der Waals surface area (Å²) in [4.78, 5) is 0. The number of benzene rings is 3. The highest BCUT2D eigenvalue weighted by molar-refractivity contribution is 5.46. The van der Waals surface area contributed by atoms with Gasteiger partial charge in [-0.2, -0.15) is 13.2 Å². The van der Waals surface area contributed by atoms with E-state index in [-0.39, 0.29) is 24.9 Å². The summed E-state index contributed by atoms with van der Waals surface area (Å²) in [6.07, 6.45) is -4.53. The smallest absolute Gasteiger partial charge is 0.397 e. The minimum Gasteiger partial charge on any atom is -0.493 e. The van der Waals surface area contributed by atoms with Crippen LogP contribution in [0.1, 0.15) is 5.56 Å². The summed E-state index contributed by atoms with van der Waals surface area (Å²) in [5, 5.41) is 0. The van der Waals surface area contributed by atoms with Gasteiger partial charge in [0.25, 0.3) is 0 Å². The maximum Gasteiger partial charge on any atom is 0.397 e. The van der Waals surface area contributed by atoms with Crippen LogP contribution in [-0.2, 0) is 11.3 Å². The fourth-order valence-electron chi connectivity index (χ4n) is 3.05. The zero-order valence-corrected chi connectivity index (χ0v) is 17.3. The van der Waals surface area contributed by atoms with Crippen molar-refractivity contribution in [3.63, 3.8) is 0 Å². The molecule has 9 heteroatoms. The number of fused-ring (bicyclic) bond motifs is 1. The van der Waals surface area contributed by atoms with E-state index in [1.165, 1.54) is 30.3 Å². The third kappa shape index (κ3) is 6.07. The van der Waals surface area contributed by atoms with Crippen LogP contribution in [0.5, 0.6) is 28.7 Å². The van der Waals surface area contributed by atoms with Crippen LogP contribution >= 0.6 is 0 Å². The predicted octanol–water partition coefficient (Wildman–Crippen LogP) is 6.12. The van der Waals surface area contributed by atoms with Crippen molar-refractivity contribution >= 4 is 0 Å². The van der Waals surface area contributed by atoms with Crippen LogP contribution in [-0.4, -0.2) is 26.2 Å². The summed E-state index contributed by atoms with van der Waals surface area (Å²) in [7, 11) is 0. The summed E-state index contributed by atoms with van der Waals surface area (Å²) in [5.41, 5.74) is 0.472. The molecule has 1 heterocycles. The van der Waals surface area contributed by atoms with Crippen molar-refractivity contribution in [3.8, 4) is 28.7 Å². The molecule has 5 nitrogen and oxygen atoms in total. The Hall–Kier alpha value is -3.46. The van der Waals surface area contributed by atoms with E-state index in [9.17, 15) is 17.6 Å². The molecule has 0 spiro atoms. The first-order chi connectivity index (χ1) is 15.9. The fraction of sp³-hybridized carbons (Fsp3) is 0.250. The lowest BCUT2D eigenvalue weighted by atomic mass is 10.1. The van der Waals surface area contributed by atoms with Crippen molar-refractivity contribution in [2.45, 2.75) is 12.8 Å². The van der Waals surface area contributed by atoms with Crippen LogP contribution in [0.3, 0.4) is 0 Å². The maximum absolute atomic E-state index is 14.1. The first-order valence-corrected chi connectivity index (χ1v) is 10.1. The van der Waals surface area contributed by atoms with Gasteiger partial charge < -0.3 is 23.7 Å². The number of para-hydroxylation sites is 1. The van der Waals surface area contributed by atoms with E-state index in [2.05, 4.69) is 0 Å². The first kappa shape index (κ1) is 22.7. The maximum atomic E-state index is 14.1. The van der Waals surface area contributed by atoms with Crippen molar-refractivity contribution in [1.82, 2.24) is 0 Å². The van der Waals surface area contributed by atoms with Gasteiger partial charge >= 0.3 is 6.18 Å². The Morgan fingerprint density at radius 2 is 1.64 bits per heavy atom. The topological polar surface area (TPSA) is 46.2 Å². The van der Waals surface area contributed by atoms with Gasteiger partial charge in [-0.15, -0.1) is 0 Å². The molecule has 0 amide bonds. The molecule has 0 saturated heterocycles. The number of hydrogen-bond donors (Lipinski definition) is 0. The summed E-state index contributed by atoms with van der Waals surface area (Å²) in [6.45, 7) is -1.35. The van der Waals surface area contributed by atoms with Gasteiger partial charge in [0.05, 0.1) is 13.2 Å². The third-order valence-electron chi connectivity index (χ3n) is 4.81. The minimum absolute atomic E-state index is 0.0409. The van der Waals surface area contributed by atoms with E-state index in [1.807, 2.05) is 0 Å². The highest BCUT2D eigenvalue weighted by Gasteiger charge is 2.40. The average Bonchev–Trinajstić information content (AvgIpc) is 3.26. The van der Waals surface area contributed by atoms with Crippen LogP contribution in [0, 0.1) is 11.7 Å². The summed E-state index contributed by atoms with van der Waals surface area (Å²) >= 11 is 0. The second-order valence-electron chi connectivity index (χ2n) is 7.26. The monoisotopic (exact) mass is 464 g/mol. The Bertz CT molecular complexity index is 1070. The number of halogens is 4. The molecule has 1 unspecified atom stereocenters. The number of alkyl halides is 3. The highest BCUT2D eigenvalue weighted by Crippen LogP contribution is 2.36. The van der Waals surface area contributed by atoms with Gasteiger partial charge in [0.2, 0.25) is 6.79 Å². The molecule has 0 bridgehead atoms. The molecule has 0 aliphatic carbocycles. The van der Waals surface area contributed by atoms with Gasteiger partial charge in [0.15, 0.2) is 23.1 Å². The number of rotatable bonds is 9. The van der Waals surface area contributed by atoms with Gasteiger partial charge in [-0.1, -0.05) is 24.3 Å². The van der Waals surface area contributed by atoms with Crippen molar-refractivity contribution in [1.29, 1.82) is 0 Å². The van der Waals surface area contributed by atoms with E-state index >= 15 is 0 Å². The standard InChI is InChI=1S/C24H20F4O5/c25-20-8-6-16(10-22(20)33-18-4-2-1-3-5-18)12-29-13-17(24(26,27)28)14-30-19-7-9-21-23(11-19)32-15-31-21/h1-11,17H,12-15H2. The summed E-state index contributed by atoms with van der Waals surface area (Å²) in [5.74, 6) is -0.899. The predicted molar refractivity (Wildman–Crippen MR) is 110 cm³/mol. The zero-order valence-electron chi connectivity index (χ0n) is 17.3. The van der Waals surface area contributed by atoms with Gasteiger partial charge in [0, 0.05) is 6.07 Å². The molecule has 0 saturated carbocycles. The first-order valence-electron chi connectivity index (χ1n) is 10.1. The molecule has 0 radical (unpaired) electrons. The molecule has 0 N–H and O–H groups in total. The van der Waals surface area contributed by atoms with Crippen molar-refractivity contribution < 1.29 is 41.2 Å². The Morgan fingerprint density at radius 3 is 2.42 bits per heavy atom. The van der Waals surface area contributed by atoms with Crippen LogP contribution in [0.2, 0.25) is 0 Å². The average molecular weight is 464 g/mol. The third-order valence-corrected chi connectivity index (χ3v) is 4.81. The van der Waals surface area contributed by atoms with Gasteiger partial charge in [0.1, 0.15) is 24.0 Å². The molecule has 3 aromatic rings. The Labute approximate surface area is 187 Å². The van der Waals surface area contributed by atoms with E-state index in [1.54, 1.807) is 36.4 Å². The molecule has 0 fully saturated rings. The fourth-order valence-corrected chi connectivity index (χ4v) is 3.05. The molecule has 0 aromatic heterocycles. The van der Waals surface area contributed by atoms with E-state index < -0.39 is 31.1 Å². The van der Waals surface area contributed by atoms with Crippen molar-refractivity contribution in [3.05, 3.63) is 78.1 Å². The molecular weight excluding hydrogens is 444 g/mol. The highest BCUT2D eigenvalue weighted by atomic mass is 19.4. The van der Waals surface area contributed by atoms with Crippen molar-refractivity contribution in [2.75, 3.05) is 20.0 Å². The normalized spacial score (nSPS) is 13.6. The van der Waals surface area contributed by atoms with Crippen LogP contribution in [0.25, 0.3) is 0 Å². The Morgan fingerprint density at radius 1 is 0.848 bits per heavy atom. The molecule has 3 aromatic carbocycles. The quantitative estimate of drug-likeness (QED) is 0.357. The second-order valence-corrected chi connectivity index (χ2v) is 7.26. The Kier molecular flexibility index (Phi) is 6.88. The van der Waals surface area contributed by atoms with Crippen LogP contribution in [0.4, 0.5) is 17.6 Å².